The maximum Gasteiger partial charge on any atom is 0.255 e. The number of hydrogen-bond acceptors (Lipinski definition) is 5. The van der Waals surface area contributed by atoms with E-state index in [0.717, 1.165) is 30.9 Å². The second-order valence-electron chi connectivity index (χ2n) is 5.14. The van der Waals surface area contributed by atoms with Crippen LogP contribution in [0.3, 0.4) is 0 Å². The molecule has 106 valence electrons. The fraction of sp³-hybridized carbons (Fsp3) is 0.500. The molecular weight excluding hydrogens is 256 g/mol. The molecule has 1 unspecified atom stereocenters. The number of aliphatic imine (C=N–C) groups is 2. The van der Waals surface area contributed by atoms with Crippen LogP contribution >= 0.6 is 0 Å². The molecule has 0 radical (unpaired) electrons. The minimum Gasteiger partial charge on any atom is -0.442 e. The number of carbonyl (C=O) groups excluding carboxylic acids is 1. The van der Waals surface area contributed by atoms with Crippen LogP contribution in [0.1, 0.15) is 41.9 Å². The maximum absolute atomic E-state index is 12.5. The van der Waals surface area contributed by atoms with Gasteiger partial charge in [0, 0.05) is 12.6 Å². The smallest absolute Gasteiger partial charge is 0.255 e. The molecule has 6 nitrogen and oxygen atoms in total. The molecule has 3 rings (SSSR count). The van der Waals surface area contributed by atoms with Crippen molar-refractivity contribution in [1.82, 2.24) is 10.2 Å². The van der Waals surface area contributed by atoms with E-state index in [1.165, 1.54) is 0 Å². The summed E-state index contributed by atoms with van der Waals surface area (Å²) in [6.45, 7) is 7.33. The maximum atomic E-state index is 12.5. The predicted octanol–water partition coefficient (Wildman–Crippen LogP) is 1.85. The normalized spacial score (nSPS) is 17.6. The van der Waals surface area contributed by atoms with Crippen molar-refractivity contribution in [3.8, 4) is 0 Å². The van der Waals surface area contributed by atoms with E-state index in [-0.39, 0.29) is 11.9 Å². The van der Waals surface area contributed by atoms with Crippen LogP contribution in [0.5, 0.6) is 0 Å². The summed E-state index contributed by atoms with van der Waals surface area (Å²) in [5, 5.41) is 2.98. The van der Waals surface area contributed by atoms with Gasteiger partial charge >= 0.3 is 0 Å². The van der Waals surface area contributed by atoms with Crippen LogP contribution in [0.25, 0.3) is 0 Å². The topological polar surface area (TPSA) is 70.2 Å². The number of furan rings is 1. The van der Waals surface area contributed by atoms with E-state index in [2.05, 4.69) is 15.3 Å². The summed E-state index contributed by atoms with van der Waals surface area (Å²) in [7, 11) is 0. The molecule has 1 atom stereocenters. The first-order chi connectivity index (χ1) is 9.61. The highest BCUT2D eigenvalue weighted by atomic mass is 16.4. The molecule has 0 fully saturated rings. The van der Waals surface area contributed by atoms with Crippen molar-refractivity contribution >= 4 is 24.0 Å². The molecule has 6 heteroatoms. The fourth-order valence-corrected chi connectivity index (χ4v) is 2.42. The second-order valence-corrected chi connectivity index (χ2v) is 5.14. The lowest BCUT2D eigenvalue weighted by atomic mass is 10.1. The van der Waals surface area contributed by atoms with Crippen LogP contribution in [0.15, 0.2) is 14.4 Å². The van der Waals surface area contributed by atoms with E-state index in [1.807, 2.05) is 18.7 Å². The van der Waals surface area contributed by atoms with Crippen molar-refractivity contribution in [2.75, 3.05) is 13.1 Å². The Kier molecular flexibility index (Phi) is 3.08. The molecule has 2 aliphatic rings. The lowest BCUT2D eigenvalue weighted by Crippen LogP contribution is -2.35. The molecule has 2 aliphatic heterocycles. The molecule has 1 aromatic rings. The fourth-order valence-electron chi connectivity index (χ4n) is 2.42. The van der Waals surface area contributed by atoms with Crippen LogP contribution in [-0.4, -0.2) is 42.1 Å². The number of hydrogen-bond donors (Lipinski definition) is 1. The monoisotopic (exact) mass is 274 g/mol. The van der Waals surface area contributed by atoms with E-state index in [1.54, 1.807) is 13.3 Å². The Hall–Kier alpha value is -2.11. The van der Waals surface area contributed by atoms with Crippen molar-refractivity contribution in [1.29, 1.82) is 0 Å². The first-order valence-electron chi connectivity index (χ1n) is 6.91. The third-order valence-corrected chi connectivity index (χ3v) is 3.70. The third kappa shape index (κ3) is 1.92. The molecular formula is C14H18N4O2. The number of rotatable bonds is 3. The number of aryl methyl sites for hydroxylation is 1. The number of carbonyl (C=O) groups is 1. The van der Waals surface area contributed by atoms with Crippen molar-refractivity contribution in [2.45, 2.75) is 33.2 Å². The van der Waals surface area contributed by atoms with Crippen LogP contribution in [0, 0.1) is 6.92 Å². The Morgan fingerprint density at radius 3 is 3.15 bits per heavy atom. The zero-order valence-corrected chi connectivity index (χ0v) is 11.9. The summed E-state index contributed by atoms with van der Waals surface area (Å²) in [4.78, 5) is 23.2. The molecule has 0 spiro atoms. The summed E-state index contributed by atoms with van der Waals surface area (Å²) >= 11 is 0. The zero-order valence-electron chi connectivity index (χ0n) is 11.9. The van der Waals surface area contributed by atoms with Crippen molar-refractivity contribution in [3.05, 3.63) is 16.9 Å². The van der Waals surface area contributed by atoms with E-state index < -0.39 is 0 Å². The van der Waals surface area contributed by atoms with Gasteiger partial charge in [0.1, 0.15) is 17.9 Å². The molecule has 1 aromatic heterocycles. The highest BCUT2D eigenvalue weighted by molar-refractivity contribution is 6.17. The van der Waals surface area contributed by atoms with Gasteiger partial charge in [-0.05, 0) is 20.3 Å². The number of amides is 1. The largest absolute Gasteiger partial charge is 0.442 e. The Morgan fingerprint density at radius 1 is 1.60 bits per heavy atom. The summed E-state index contributed by atoms with van der Waals surface area (Å²) in [5.74, 6) is 1.74. The number of nitrogens with zero attached hydrogens (tertiary/aromatic N) is 3. The van der Waals surface area contributed by atoms with Gasteiger partial charge in [0.25, 0.3) is 5.91 Å². The molecule has 0 saturated heterocycles. The lowest BCUT2D eigenvalue weighted by Gasteiger charge is -2.18. The standard InChI is InChI=1S/C14H18N4O2/c1-4-8(2)17-13(19)10-9(3)20-14-11(10)12-15-5-6-18(12)7-16-14/h7-8H,4-6H2,1-3H3,(H,17,19). The van der Waals surface area contributed by atoms with E-state index in [9.17, 15) is 4.79 Å². The second kappa shape index (κ2) is 4.77. The number of nitrogens with one attached hydrogen (secondary N) is 1. The number of fused-ring (bicyclic) bond motifs is 3. The van der Waals surface area contributed by atoms with Gasteiger partial charge in [-0.25, -0.2) is 4.99 Å². The summed E-state index contributed by atoms with van der Waals surface area (Å²) in [5.41, 5.74) is 1.28. The first-order valence-corrected chi connectivity index (χ1v) is 6.91. The summed E-state index contributed by atoms with van der Waals surface area (Å²) < 4.78 is 5.62. The van der Waals surface area contributed by atoms with Crippen molar-refractivity contribution < 1.29 is 9.21 Å². The van der Waals surface area contributed by atoms with Crippen LogP contribution < -0.4 is 5.32 Å². The average Bonchev–Trinajstić information content (AvgIpc) is 3.00. The van der Waals surface area contributed by atoms with Crippen LogP contribution in [-0.2, 0) is 0 Å². The first kappa shape index (κ1) is 12.9. The Balaban J connectivity index is 2.03. The molecule has 0 bridgehead atoms. The van der Waals surface area contributed by atoms with E-state index in [0.29, 0.717) is 17.2 Å². The third-order valence-electron chi connectivity index (χ3n) is 3.70. The van der Waals surface area contributed by atoms with Crippen molar-refractivity contribution in [3.63, 3.8) is 0 Å². The van der Waals surface area contributed by atoms with E-state index >= 15 is 0 Å². The Labute approximate surface area is 117 Å². The van der Waals surface area contributed by atoms with Gasteiger partial charge in [-0.3, -0.25) is 9.79 Å². The summed E-state index contributed by atoms with van der Waals surface area (Å²) in [6, 6.07) is 0.126. The minimum atomic E-state index is -0.117. The van der Waals surface area contributed by atoms with Gasteiger partial charge in [0.15, 0.2) is 0 Å². The quantitative estimate of drug-likeness (QED) is 0.914. The molecule has 0 saturated carbocycles. The van der Waals surface area contributed by atoms with Crippen LogP contribution in [0.4, 0.5) is 5.88 Å². The van der Waals surface area contributed by atoms with Crippen molar-refractivity contribution in [2.24, 2.45) is 9.98 Å². The molecule has 1 amide bonds. The zero-order chi connectivity index (χ0) is 14.3. The van der Waals surface area contributed by atoms with Gasteiger partial charge in [-0.2, -0.15) is 0 Å². The molecule has 0 aromatic carbocycles. The van der Waals surface area contributed by atoms with Gasteiger partial charge in [-0.15, -0.1) is 0 Å². The van der Waals surface area contributed by atoms with Gasteiger partial charge < -0.3 is 14.6 Å². The predicted molar refractivity (Wildman–Crippen MR) is 76.9 cm³/mol. The minimum absolute atomic E-state index is 0.117. The molecule has 0 aliphatic carbocycles. The SMILES string of the molecule is CCC(C)NC(=O)c1c(C)oc2c1C1=NCCN1C=N2. The number of amidine groups is 1. The Bertz CT molecular complexity index is 615. The Morgan fingerprint density at radius 2 is 2.40 bits per heavy atom. The van der Waals surface area contributed by atoms with Gasteiger partial charge in [0.2, 0.25) is 5.88 Å². The lowest BCUT2D eigenvalue weighted by molar-refractivity contribution is 0.0937. The van der Waals surface area contributed by atoms with E-state index in [4.69, 9.17) is 4.42 Å². The van der Waals surface area contributed by atoms with Crippen LogP contribution in [0.2, 0.25) is 0 Å². The molecule has 3 heterocycles. The molecule has 20 heavy (non-hydrogen) atoms. The summed E-state index contributed by atoms with van der Waals surface area (Å²) in [6.07, 6.45) is 2.60. The van der Waals surface area contributed by atoms with Gasteiger partial charge in [-0.1, -0.05) is 6.92 Å². The average molecular weight is 274 g/mol. The molecule has 1 N–H and O–H groups in total. The highest BCUT2D eigenvalue weighted by Gasteiger charge is 2.33. The van der Waals surface area contributed by atoms with Gasteiger partial charge in [0.05, 0.1) is 17.7 Å². The highest BCUT2D eigenvalue weighted by Crippen LogP contribution is 2.34.